The molecule has 0 saturated heterocycles. The Hall–Kier alpha value is -3.95. The van der Waals surface area contributed by atoms with Crippen molar-refractivity contribution in [3.63, 3.8) is 0 Å². The molecule has 2 rings (SSSR count). The minimum atomic E-state index is -0.695. The van der Waals surface area contributed by atoms with E-state index in [1.54, 1.807) is 0 Å². The molecule has 1 N–H and O–H groups in total. The van der Waals surface area contributed by atoms with E-state index < -0.39 is 22.5 Å². The van der Waals surface area contributed by atoms with E-state index >= 15 is 0 Å². The van der Waals surface area contributed by atoms with E-state index in [2.05, 4.69) is 10.5 Å². The summed E-state index contributed by atoms with van der Waals surface area (Å²) in [5, 5.41) is 15.2. The molecule has 0 spiro atoms. The highest BCUT2D eigenvalue weighted by molar-refractivity contribution is 5.90. The number of nitrogens with one attached hydrogen (secondary N) is 1. The van der Waals surface area contributed by atoms with Crippen molar-refractivity contribution < 1.29 is 28.7 Å². The number of carbonyl (C=O) groups excluding carboxylic acids is 2. The molecule has 0 atom stereocenters. The van der Waals surface area contributed by atoms with Crippen LogP contribution >= 0.6 is 0 Å². The minimum absolute atomic E-state index is 0.0451. The van der Waals surface area contributed by atoms with Crippen LogP contribution in [0.5, 0.6) is 17.2 Å². The van der Waals surface area contributed by atoms with Crippen LogP contribution < -0.4 is 19.6 Å². The van der Waals surface area contributed by atoms with Gasteiger partial charge in [-0.05, 0) is 37.1 Å². The predicted octanol–water partition coefficient (Wildman–Crippen LogP) is 2.67. The molecule has 2 aromatic carbocycles. The van der Waals surface area contributed by atoms with Crippen molar-refractivity contribution in [2.24, 2.45) is 5.10 Å². The zero-order valence-electron chi connectivity index (χ0n) is 16.9. The largest absolute Gasteiger partial charge is 0.488 e. The number of amides is 1. The topological polar surface area (TPSA) is 129 Å². The third-order valence-corrected chi connectivity index (χ3v) is 3.92. The van der Waals surface area contributed by atoms with Gasteiger partial charge in [0.25, 0.3) is 5.91 Å². The second kappa shape index (κ2) is 10.0. The van der Waals surface area contributed by atoms with E-state index in [0.717, 1.165) is 24.3 Å². The first-order valence-electron chi connectivity index (χ1n) is 8.79. The third-order valence-electron chi connectivity index (χ3n) is 3.92. The van der Waals surface area contributed by atoms with E-state index in [4.69, 9.17) is 14.2 Å². The van der Waals surface area contributed by atoms with Crippen LogP contribution in [0.4, 0.5) is 5.69 Å². The molecule has 1 amide bonds. The normalized spacial score (nSPS) is 10.5. The van der Waals surface area contributed by atoms with Gasteiger partial charge in [0, 0.05) is 6.92 Å². The van der Waals surface area contributed by atoms with Gasteiger partial charge in [0.15, 0.2) is 12.4 Å². The minimum Gasteiger partial charge on any atom is -0.488 e. The Morgan fingerprint density at radius 2 is 1.83 bits per heavy atom. The van der Waals surface area contributed by atoms with Crippen molar-refractivity contribution in [2.45, 2.75) is 20.8 Å². The van der Waals surface area contributed by atoms with Crippen molar-refractivity contribution >= 4 is 23.8 Å². The fraction of sp³-hybridized carbons (Fsp3) is 0.250. The Labute approximate surface area is 172 Å². The smallest absolute Gasteiger partial charge is 0.323 e. The lowest BCUT2D eigenvalue weighted by molar-refractivity contribution is -0.385. The highest BCUT2D eigenvalue weighted by Gasteiger charge is 2.25. The Balaban J connectivity index is 2.12. The number of hydrogen-bond donors (Lipinski definition) is 1. The average molecular weight is 415 g/mol. The number of nitro groups is 1. The van der Waals surface area contributed by atoms with Crippen LogP contribution in [0.3, 0.4) is 0 Å². The maximum absolute atomic E-state index is 12.0. The molecule has 0 bridgehead atoms. The second-order valence-corrected chi connectivity index (χ2v) is 6.19. The third kappa shape index (κ3) is 5.53. The molecule has 30 heavy (non-hydrogen) atoms. The standard InChI is InChI=1S/C20H21N3O7/c1-12-6-5-7-13(2)19(12)29-11-17(25)22-21-10-15-8-9-16(30-14(3)24)20(28-4)18(15)23(26)27/h5-10H,11H2,1-4H3,(H,22,25)/b21-10+. The Kier molecular flexibility index (Phi) is 7.45. The summed E-state index contributed by atoms with van der Waals surface area (Å²) in [4.78, 5) is 33.9. The van der Waals surface area contributed by atoms with E-state index in [9.17, 15) is 19.7 Å². The van der Waals surface area contributed by atoms with Crippen LogP contribution in [0.25, 0.3) is 0 Å². The summed E-state index contributed by atoms with van der Waals surface area (Å²) in [6.45, 7) is 4.62. The van der Waals surface area contributed by atoms with Gasteiger partial charge in [0.2, 0.25) is 5.75 Å². The second-order valence-electron chi connectivity index (χ2n) is 6.19. The van der Waals surface area contributed by atoms with Crippen LogP contribution in [0.2, 0.25) is 0 Å². The number of rotatable bonds is 8. The molecule has 0 fully saturated rings. The number of hydrazone groups is 1. The summed E-state index contributed by atoms with van der Waals surface area (Å²) in [5.41, 5.74) is 3.62. The van der Waals surface area contributed by atoms with Gasteiger partial charge in [-0.3, -0.25) is 19.7 Å². The number of para-hydroxylation sites is 1. The number of nitrogens with zero attached hydrogens (tertiary/aromatic N) is 2. The first kappa shape index (κ1) is 22.3. The summed E-state index contributed by atoms with van der Waals surface area (Å²) in [6, 6.07) is 8.27. The van der Waals surface area contributed by atoms with Gasteiger partial charge in [-0.15, -0.1) is 0 Å². The molecule has 0 unspecified atom stereocenters. The zero-order valence-corrected chi connectivity index (χ0v) is 16.9. The van der Waals surface area contributed by atoms with Crippen LogP contribution in [0.15, 0.2) is 35.4 Å². The van der Waals surface area contributed by atoms with Crippen molar-refractivity contribution in [1.29, 1.82) is 0 Å². The molecule has 0 heterocycles. The number of nitro benzene ring substituents is 1. The van der Waals surface area contributed by atoms with Crippen molar-refractivity contribution in [3.05, 3.63) is 57.1 Å². The molecule has 0 saturated carbocycles. The Morgan fingerprint density at radius 3 is 2.40 bits per heavy atom. The van der Waals surface area contributed by atoms with Gasteiger partial charge < -0.3 is 14.2 Å². The first-order chi connectivity index (χ1) is 14.2. The molecule has 0 aromatic heterocycles. The van der Waals surface area contributed by atoms with Crippen molar-refractivity contribution in [2.75, 3.05) is 13.7 Å². The summed E-state index contributed by atoms with van der Waals surface area (Å²) in [6.07, 6.45) is 1.09. The maximum Gasteiger partial charge on any atom is 0.323 e. The van der Waals surface area contributed by atoms with Gasteiger partial charge in [-0.25, -0.2) is 5.43 Å². The molecule has 10 heteroatoms. The highest BCUT2D eigenvalue weighted by atomic mass is 16.6. The van der Waals surface area contributed by atoms with Gasteiger partial charge in [-0.1, -0.05) is 18.2 Å². The lowest BCUT2D eigenvalue weighted by atomic mass is 10.1. The van der Waals surface area contributed by atoms with Crippen LogP contribution in [0.1, 0.15) is 23.6 Å². The van der Waals surface area contributed by atoms with E-state index in [1.165, 1.54) is 19.2 Å². The van der Waals surface area contributed by atoms with E-state index in [-0.39, 0.29) is 23.7 Å². The molecule has 2 aromatic rings. The van der Waals surface area contributed by atoms with Crippen molar-refractivity contribution in [3.8, 4) is 17.2 Å². The van der Waals surface area contributed by atoms with Gasteiger partial charge in [0.1, 0.15) is 5.75 Å². The molecule has 158 valence electrons. The van der Waals surface area contributed by atoms with Crippen LogP contribution in [0, 0.1) is 24.0 Å². The summed E-state index contributed by atoms with van der Waals surface area (Å²) in [7, 11) is 1.21. The lowest BCUT2D eigenvalue weighted by Crippen LogP contribution is -2.25. The number of esters is 1. The SMILES string of the molecule is COc1c(OC(C)=O)ccc(/C=N/NC(=O)COc2c(C)cccc2C)c1[N+](=O)[O-]. The number of aryl methyl sites for hydroxylation is 2. The molecular weight excluding hydrogens is 394 g/mol. The van der Waals surface area contributed by atoms with Crippen LogP contribution in [-0.4, -0.2) is 36.7 Å². The fourth-order valence-electron chi connectivity index (χ4n) is 2.66. The quantitative estimate of drug-likeness (QED) is 0.231. The van der Waals surface area contributed by atoms with Gasteiger partial charge in [0.05, 0.1) is 23.8 Å². The summed E-state index contributed by atoms with van der Waals surface area (Å²) in [5.74, 6) is -0.915. The molecule has 0 aliphatic carbocycles. The summed E-state index contributed by atoms with van der Waals surface area (Å²) >= 11 is 0. The number of hydrogen-bond acceptors (Lipinski definition) is 8. The Bertz CT molecular complexity index is 982. The number of ether oxygens (including phenoxy) is 3. The lowest BCUT2D eigenvalue weighted by Gasteiger charge is -2.11. The van der Waals surface area contributed by atoms with E-state index in [0.29, 0.717) is 5.75 Å². The predicted molar refractivity (Wildman–Crippen MR) is 108 cm³/mol. The fourth-order valence-corrected chi connectivity index (χ4v) is 2.66. The number of benzene rings is 2. The zero-order chi connectivity index (χ0) is 22.3. The molecule has 0 aliphatic heterocycles. The molecule has 10 nitrogen and oxygen atoms in total. The number of carbonyl (C=O) groups is 2. The highest BCUT2D eigenvalue weighted by Crippen LogP contribution is 2.39. The average Bonchev–Trinajstić information content (AvgIpc) is 2.67. The van der Waals surface area contributed by atoms with E-state index in [1.807, 2.05) is 32.0 Å². The van der Waals surface area contributed by atoms with Gasteiger partial charge >= 0.3 is 11.7 Å². The van der Waals surface area contributed by atoms with Gasteiger partial charge in [-0.2, -0.15) is 5.10 Å². The molecular formula is C20H21N3O7. The Morgan fingerprint density at radius 1 is 1.17 bits per heavy atom. The molecule has 0 aliphatic rings. The monoisotopic (exact) mass is 415 g/mol. The maximum atomic E-state index is 12.0. The first-order valence-corrected chi connectivity index (χ1v) is 8.79. The molecule has 0 radical (unpaired) electrons. The van der Waals surface area contributed by atoms with Crippen LogP contribution in [-0.2, 0) is 9.59 Å². The summed E-state index contributed by atoms with van der Waals surface area (Å²) < 4.78 is 15.5. The number of methoxy groups -OCH3 is 1. The van der Waals surface area contributed by atoms with Crippen molar-refractivity contribution in [1.82, 2.24) is 5.43 Å².